The molecule has 0 aromatic heterocycles. The highest BCUT2D eigenvalue weighted by molar-refractivity contribution is 6.26. The number of anilines is 1. The zero-order valence-electron chi connectivity index (χ0n) is 18.1. The van der Waals surface area contributed by atoms with E-state index in [2.05, 4.69) is 5.32 Å². The Hall–Kier alpha value is -3.71. The van der Waals surface area contributed by atoms with E-state index in [4.69, 9.17) is 0 Å². The first-order valence-corrected chi connectivity index (χ1v) is 11.0. The molecule has 2 fully saturated rings. The number of phenolic OH excluding ortho intramolecular Hbond substituents is 1. The molecule has 3 aromatic carbocycles. The third kappa shape index (κ3) is 2.96. The van der Waals surface area contributed by atoms with E-state index >= 15 is 0 Å². The van der Waals surface area contributed by atoms with Crippen LogP contribution in [-0.4, -0.2) is 33.5 Å². The van der Waals surface area contributed by atoms with Gasteiger partial charge in [-0.25, -0.2) is 4.90 Å². The Bertz CT molecular complexity index is 1280. The van der Waals surface area contributed by atoms with Crippen LogP contribution in [0.5, 0.6) is 5.75 Å². The molecule has 168 valence electrons. The number of nitrogens with one attached hydrogen (secondary N) is 1. The molecule has 3 aromatic rings. The van der Waals surface area contributed by atoms with Crippen LogP contribution < -0.4 is 10.2 Å². The number of carboxylic acids is 1. The second-order valence-electron chi connectivity index (χ2n) is 8.72. The van der Waals surface area contributed by atoms with Crippen molar-refractivity contribution in [1.82, 2.24) is 5.32 Å². The predicted octanol–water partition coefficient (Wildman–Crippen LogP) is 3.62. The van der Waals surface area contributed by atoms with Crippen LogP contribution in [0.3, 0.4) is 0 Å². The van der Waals surface area contributed by atoms with Crippen LogP contribution in [0, 0.1) is 11.8 Å². The molecule has 0 bridgehead atoms. The van der Waals surface area contributed by atoms with Crippen molar-refractivity contribution in [2.75, 3.05) is 4.90 Å². The molecule has 0 aliphatic carbocycles. The van der Waals surface area contributed by atoms with Gasteiger partial charge in [0.1, 0.15) is 11.3 Å². The Morgan fingerprint density at radius 3 is 2.42 bits per heavy atom. The van der Waals surface area contributed by atoms with Crippen LogP contribution in [0.15, 0.2) is 66.7 Å². The van der Waals surface area contributed by atoms with Crippen molar-refractivity contribution in [3.63, 3.8) is 0 Å². The van der Waals surface area contributed by atoms with Gasteiger partial charge < -0.3 is 10.2 Å². The summed E-state index contributed by atoms with van der Waals surface area (Å²) in [7, 11) is 0. The van der Waals surface area contributed by atoms with Crippen molar-refractivity contribution in [3.05, 3.63) is 72.3 Å². The summed E-state index contributed by atoms with van der Waals surface area (Å²) in [5, 5.41) is 25.5. The van der Waals surface area contributed by atoms with Crippen molar-refractivity contribution in [2.45, 2.75) is 31.3 Å². The Morgan fingerprint density at radius 1 is 1.00 bits per heavy atom. The molecule has 0 unspecified atom stereocenters. The maximum Gasteiger partial charge on any atom is 0.324 e. The molecule has 5 rings (SSSR count). The van der Waals surface area contributed by atoms with Gasteiger partial charge in [0.05, 0.1) is 17.5 Å². The highest BCUT2D eigenvalue weighted by Crippen LogP contribution is 2.52. The molecule has 7 heteroatoms. The zero-order chi connectivity index (χ0) is 23.3. The quantitative estimate of drug-likeness (QED) is 0.519. The summed E-state index contributed by atoms with van der Waals surface area (Å²) in [6, 6.07) is 18.6. The van der Waals surface area contributed by atoms with Gasteiger partial charge in [-0.1, -0.05) is 67.9 Å². The molecule has 4 atom stereocenters. The summed E-state index contributed by atoms with van der Waals surface area (Å²) in [6.07, 6.45) is 0.682. The third-order valence-corrected chi connectivity index (χ3v) is 6.96. The number of carboxylic acid groups (broad SMARTS) is 1. The molecule has 2 heterocycles. The Labute approximate surface area is 190 Å². The van der Waals surface area contributed by atoms with E-state index in [9.17, 15) is 24.6 Å². The lowest BCUT2D eigenvalue weighted by molar-refractivity contribution is -0.149. The standard InChI is InChI=1S/C26H24N2O5/c1-2-14-26(25(32)33)21-20(22(27-26)17-11-5-6-13-19(17)29)23(30)28(24(21)31)18-12-7-9-15-8-3-4-10-16(15)18/h3-13,20-22,27,29H,2,14H2,1H3,(H,32,33)/t20-,21+,22-,26+/m1/s1. The zero-order valence-corrected chi connectivity index (χ0v) is 18.1. The average Bonchev–Trinajstić information content (AvgIpc) is 3.28. The number of carbonyl (C=O) groups is 3. The molecule has 2 saturated heterocycles. The summed E-state index contributed by atoms with van der Waals surface area (Å²) >= 11 is 0. The number of imide groups is 1. The molecular weight excluding hydrogens is 420 g/mol. The number of benzene rings is 3. The molecule has 33 heavy (non-hydrogen) atoms. The topological polar surface area (TPSA) is 107 Å². The number of hydrogen-bond acceptors (Lipinski definition) is 5. The summed E-state index contributed by atoms with van der Waals surface area (Å²) in [5.74, 6) is -4.24. The minimum absolute atomic E-state index is 0.0460. The summed E-state index contributed by atoms with van der Waals surface area (Å²) in [4.78, 5) is 41.4. The molecule has 0 radical (unpaired) electrons. The van der Waals surface area contributed by atoms with Crippen molar-refractivity contribution in [3.8, 4) is 5.75 Å². The second kappa shape index (κ2) is 7.71. The van der Waals surface area contributed by atoms with Crippen LogP contribution in [0.1, 0.15) is 31.4 Å². The van der Waals surface area contributed by atoms with Crippen molar-refractivity contribution >= 4 is 34.2 Å². The number of nitrogens with zero attached hydrogens (tertiary/aromatic N) is 1. The minimum atomic E-state index is -1.61. The lowest BCUT2D eigenvalue weighted by Crippen LogP contribution is -2.55. The molecule has 3 N–H and O–H groups in total. The fourth-order valence-corrected chi connectivity index (χ4v) is 5.59. The molecule has 0 spiro atoms. The van der Waals surface area contributed by atoms with Gasteiger partial charge in [0, 0.05) is 17.0 Å². The van der Waals surface area contributed by atoms with Gasteiger partial charge in [-0.2, -0.15) is 0 Å². The second-order valence-corrected chi connectivity index (χ2v) is 8.72. The van der Waals surface area contributed by atoms with Crippen LogP contribution >= 0.6 is 0 Å². The lowest BCUT2D eigenvalue weighted by Gasteiger charge is -2.31. The van der Waals surface area contributed by atoms with E-state index in [1.54, 1.807) is 30.3 Å². The van der Waals surface area contributed by atoms with E-state index in [-0.39, 0.29) is 12.2 Å². The number of hydrogen-bond donors (Lipinski definition) is 3. The highest BCUT2D eigenvalue weighted by Gasteiger charge is 2.68. The fourth-order valence-electron chi connectivity index (χ4n) is 5.59. The summed E-state index contributed by atoms with van der Waals surface area (Å²) in [5.41, 5.74) is -0.754. The minimum Gasteiger partial charge on any atom is -0.508 e. The van der Waals surface area contributed by atoms with E-state index in [1.165, 1.54) is 6.07 Å². The Balaban J connectivity index is 1.70. The fraction of sp³-hybridized carbons (Fsp3) is 0.269. The van der Waals surface area contributed by atoms with E-state index < -0.39 is 41.2 Å². The monoisotopic (exact) mass is 444 g/mol. The van der Waals surface area contributed by atoms with Crippen LogP contribution in [0.4, 0.5) is 5.69 Å². The van der Waals surface area contributed by atoms with Gasteiger partial charge in [0.25, 0.3) is 0 Å². The first-order chi connectivity index (χ1) is 15.9. The maximum absolute atomic E-state index is 13.8. The Kier molecular flexibility index (Phi) is 4.94. The van der Waals surface area contributed by atoms with Gasteiger partial charge in [-0.3, -0.25) is 19.7 Å². The summed E-state index contributed by atoms with van der Waals surface area (Å²) in [6.45, 7) is 1.85. The van der Waals surface area contributed by atoms with Crippen molar-refractivity contribution in [1.29, 1.82) is 0 Å². The van der Waals surface area contributed by atoms with E-state index in [1.807, 2.05) is 37.3 Å². The van der Waals surface area contributed by atoms with Crippen molar-refractivity contribution in [2.24, 2.45) is 11.8 Å². The number of aromatic hydroxyl groups is 1. The van der Waals surface area contributed by atoms with Crippen molar-refractivity contribution < 1.29 is 24.6 Å². The van der Waals surface area contributed by atoms with Gasteiger partial charge in [0.2, 0.25) is 11.8 Å². The number of fused-ring (bicyclic) bond motifs is 2. The molecular formula is C26H24N2O5. The first-order valence-electron chi connectivity index (χ1n) is 11.0. The smallest absolute Gasteiger partial charge is 0.324 e. The van der Waals surface area contributed by atoms with E-state index in [0.717, 1.165) is 15.7 Å². The number of phenols is 1. The molecule has 7 nitrogen and oxygen atoms in total. The molecule has 2 aliphatic heterocycles. The number of carbonyl (C=O) groups excluding carboxylic acids is 2. The number of amides is 2. The lowest BCUT2D eigenvalue weighted by atomic mass is 9.77. The summed E-state index contributed by atoms with van der Waals surface area (Å²) < 4.78 is 0. The maximum atomic E-state index is 13.8. The molecule has 0 saturated carbocycles. The van der Waals surface area contributed by atoms with Crippen LogP contribution in [-0.2, 0) is 14.4 Å². The van der Waals surface area contributed by atoms with Gasteiger partial charge in [0.15, 0.2) is 0 Å². The Morgan fingerprint density at radius 2 is 1.70 bits per heavy atom. The first kappa shape index (κ1) is 21.2. The van der Waals surface area contributed by atoms with E-state index in [0.29, 0.717) is 17.7 Å². The van der Waals surface area contributed by atoms with Gasteiger partial charge >= 0.3 is 5.97 Å². The predicted molar refractivity (Wildman–Crippen MR) is 123 cm³/mol. The number of aliphatic carboxylic acids is 1. The van der Waals surface area contributed by atoms with Crippen LogP contribution in [0.25, 0.3) is 10.8 Å². The highest BCUT2D eigenvalue weighted by atomic mass is 16.4. The average molecular weight is 444 g/mol. The normalized spacial score (nSPS) is 26.7. The van der Waals surface area contributed by atoms with Crippen LogP contribution in [0.2, 0.25) is 0 Å². The third-order valence-electron chi connectivity index (χ3n) is 6.96. The molecule has 2 aliphatic rings. The number of rotatable bonds is 5. The molecule has 2 amide bonds. The van der Waals surface area contributed by atoms with Gasteiger partial charge in [-0.05, 0) is 23.9 Å². The SMILES string of the molecule is CCC[C@]1(C(=O)O)N[C@H](c2ccccc2O)[C@@H]2C(=O)N(c3cccc4ccccc34)C(=O)[C@H]21. The van der Waals surface area contributed by atoms with Gasteiger partial charge in [-0.15, -0.1) is 0 Å². The largest absolute Gasteiger partial charge is 0.508 e. The number of para-hydroxylation sites is 1.